The number of nitrogens with two attached hydrogens (primary N) is 2. The van der Waals surface area contributed by atoms with Gasteiger partial charge in [0.15, 0.2) is 5.82 Å². The molecule has 3 heterocycles. The van der Waals surface area contributed by atoms with Crippen LogP contribution in [0.1, 0.15) is 24.4 Å². The molecule has 0 bridgehead atoms. The van der Waals surface area contributed by atoms with Crippen LogP contribution in [0, 0.1) is 0 Å². The smallest absolute Gasteiger partial charge is 0.276 e. The van der Waals surface area contributed by atoms with Crippen LogP contribution in [0.4, 0.5) is 21.7 Å². The number of nitrogen functional groups attached to an aromatic ring is 2. The third-order valence-electron chi connectivity index (χ3n) is 3.92. The Morgan fingerprint density at radius 3 is 2.92 bits per heavy atom. The van der Waals surface area contributed by atoms with E-state index in [1.54, 1.807) is 24.3 Å². The normalized spacial score (nSPS) is 18.0. The number of anilines is 3. The van der Waals surface area contributed by atoms with Gasteiger partial charge in [-0.2, -0.15) is 0 Å². The van der Waals surface area contributed by atoms with Crippen molar-refractivity contribution in [3.05, 3.63) is 52.0 Å². The Kier molecular flexibility index (Phi) is 3.94. The molecule has 24 heavy (non-hydrogen) atoms. The lowest BCUT2D eigenvalue weighted by atomic mass is 10.1. The van der Waals surface area contributed by atoms with Crippen LogP contribution in [0.15, 0.2) is 35.0 Å². The van der Waals surface area contributed by atoms with E-state index in [0.29, 0.717) is 18.2 Å². The number of halogens is 1. The van der Waals surface area contributed by atoms with Crippen LogP contribution < -0.4 is 22.0 Å². The maximum atomic E-state index is 13.1. The van der Waals surface area contributed by atoms with E-state index < -0.39 is 11.6 Å². The molecule has 1 unspecified atom stereocenters. The lowest BCUT2D eigenvalue weighted by Gasteiger charge is -2.28. The number of hydrogen-bond acceptors (Lipinski definition) is 7. The van der Waals surface area contributed by atoms with E-state index >= 15 is 0 Å². The molecule has 0 fully saturated rings. The van der Waals surface area contributed by atoms with Gasteiger partial charge in [-0.1, -0.05) is 6.07 Å². The molecule has 0 saturated carbocycles. The number of pyridine rings is 1. The Balaban J connectivity index is 2.09. The topological polar surface area (TPSA) is 117 Å². The second-order valence-electron chi connectivity index (χ2n) is 5.52. The Hall–Kier alpha value is -2.94. The van der Waals surface area contributed by atoms with Crippen LogP contribution in [0.3, 0.4) is 0 Å². The molecule has 0 spiro atoms. The summed E-state index contributed by atoms with van der Waals surface area (Å²) in [5.41, 5.74) is 11.5. The number of nitrogens with zero attached hydrogens (tertiary/aromatic N) is 4. The molecule has 0 saturated heterocycles. The number of rotatable bonds is 3. The molecule has 8 nitrogen and oxygen atoms in total. The van der Waals surface area contributed by atoms with Crippen LogP contribution in [0.25, 0.3) is 0 Å². The molecule has 126 valence electrons. The summed E-state index contributed by atoms with van der Waals surface area (Å²) in [6.07, 6.45) is 3.10. The lowest BCUT2D eigenvalue weighted by molar-refractivity contribution is 0.278. The summed E-state index contributed by atoms with van der Waals surface area (Å²) in [4.78, 5) is 23.2. The maximum absolute atomic E-state index is 13.1. The van der Waals surface area contributed by atoms with E-state index in [1.807, 2.05) is 11.1 Å². The number of fused-ring (bicyclic) bond motifs is 1. The molecule has 1 atom stereocenters. The molecule has 2 aromatic rings. The minimum atomic E-state index is -0.491. The highest BCUT2D eigenvalue weighted by Crippen LogP contribution is 2.39. The molecule has 3 rings (SSSR count). The van der Waals surface area contributed by atoms with E-state index in [2.05, 4.69) is 15.0 Å². The van der Waals surface area contributed by atoms with Crippen molar-refractivity contribution in [2.24, 2.45) is 0 Å². The van der Waals surface area contributed by atoms with Gasteiger partial charge in [0.2, 0.25) is 0 Å². The third kappa shape index (κ3) is 2.58. The Bertz CT molecular complexity index is 859. The first-order valence-electron chi connectivity index (χ1n) is 7.32. The van der Waals surface area contributed by atoms with Gasteiger partial charge in [0.25, 0.3) is 5.56 Å². The van der Waals surface area contributed by atoms with Gasteiger partial charge in [0.05, 0.1) is 12.4 Å². The molecule has 0 amide bonds. The summed E-state index contributed by atoms with van der Waals surface area (Å²) in [6, 6.07) is 3.26. The molecule has 0 radical (unpaired) electrons. The second-order valence-corrected chi connectivity index (χ2v) is 5.52. The number of aromatic amines is 1. The molecule has 0 aromatic carbocycles. The van der Waals surface area contributed by atoms with E-state index in [-0.39, 0.29) is 17.3 Å². The monoisotopic (exact) mass is 331 g/mol. The number of hydrogen-bond donors (Lipinski definition) is 3. The zero-order valence-electron chi connectivity index (χ0n) is 13.3. The summed E-state index contributed by atoms with van der Waals surface area (Å²) >= 11 is 0. The van der Waals surface area contributed by atoms with Gasteiger partial charge in [-0.15, -0.1) is 0 Å². The summed E-state index contributed by atoms with van der Waals surface area (Å²) in [5, 5.41) is 3.63. The number of H-pyrrole nitrogens is 1. The molecular formula is C15H18FN7O. The Labute approximate surface area is 137 Å². The highest BCUT2D eigenvalue weighted by Gasteiger charge is 2.37. The fourth-order valence-electron chi connectivity index (χ4n) is 2.73. The van der Waals surface area contributed by atoms with Crippen molar-refractivity contribution in [3.8, 4) is 0 Å². The fourth-order valence-corrected chi connectivity index (χ4v) is 2.73. The van der Waals surface area contributed by atoms with Crippen molar-refractivity contribution in [3.63, 3.8) is 0 Å². The zero-order chi connectivity index (χ0) is 17.4. The van der Waals surface area contributed by atoms with Crippen molar-refractivity contribution in [1.29, 1.82) is 0 Å². The quantitative estimate of drug-likeness (QED) is 0.766. The summed E-state index contributed by atoms with van der Waals surface area (Å²) in [6.45, 7) is 1.68. The second kappa shape index (κ2) is 5.93. The third-order valence-corrected chi connectivity index (χ3v) is 3.92. The predicted molar refractivity (Wildman–Crippen MR) is 89.7 cm³/mol. The van der Waals surface area contributed by atoms with Crippen LogP contribution in [-0.2, 0) is 0 Å². The predicted octanol–water partition coefficient (Wildman–Crippen LogP) is 0.959. The number of hydrazine groups is 1. The average Bonchev–Trinajstić information content (AvgIpc) is 2.81. The number of allylic oxidation sites excluding steroid dienone is 1. The van der Waals surface area contributed by atoms with E-state index in [0.717, 1.165) is 5.56 Å². The Morgan fingerprint density at radius 1 is 1.50 bits per heavy atom. The summed E-state index contributed by atoms with van der Waals surface area (Å²) < 4.78 is 13.1. The highest BCUT2D eigenvalue weighted by molar-refractivity contribution is 5.58. The van der Waals surface area contributed by atoms with Gasteiger partial charge >= 0.3 is 0 Å². The van der Waals surface area contributed by atoms with Crippen LogP contribution in [0.2, 0.25) is 0 Å². The van der Waals surface area contributed by atoms with Gasteiger partial charge in [-0.25, -0.2) is 19.4 Å². The first kappa shape index (κ1) is 15.9. The fraction of sp³-hybridized carbons (Fsp3) is 0.267. The molecule has 1 aliphatic rings. The van der Waals surface area contributed by atoms with Crippen LogP contribution >= 0.6 is 0 Å². The van der Waals surface area contributed by atoms with Crippen molar-refractivity contribution in [2.75, 3.05) is 30.1 Å². The standard InChI is InChI=1S/C15H18FN7O/c1-8(16)5-7-23-14-9(4-3-6-19-14)11(22(23)2)13-20-12(18)10(17)15(24)21-13/h3-6,11H,7,17H2,1-2H3,(H3,18,20,21,24)/b8-5-. The van der Waals surface area contributed by atoms with Gasteiger partial charge in [-0.05, 0) is 19.1 Å². The Morgan fingerprint density at radius 2 is 2.25 bits per heavy atom. The van der Waals surface area contributed by atoms with Gasteiger partial charge in [-0.3, -0.25) is 9.80 Å². The average molecular weight is 331 g/mol. The summed E-state index contributed by atoms with van der Waals surface area (Å²) in [5.74, 6) is 0.713. The van der Waals surface area contributed by atoms with Crippen LogP contribution in [-0.4, -0.2) is 33.6 Å². The zero-order valence-corrected chi connectivity index (χ0v) is 13.3. The van der Waals surface area contributed by atoms with E-state index in [9.17, 15) is 9.18 Å². The molecule has 1 aliphatic heterocycles. The van der Waals surface area contributed by atoms with Crippen molar-refractivity contribution >= 4 is 17.3 Å². The van der Waals surface area contributed by atoms with Gasteiger partial charge in [0, 0.05) is 18.8 Å². The van der Waals surface area contributed by atoms with Gasteiger partial charge < -0.3 is 16.5 Å². The van der Waals surface area contributed by atoms with Crippen molar-refractivity contribution < 1.29 is 4.39 Å². The summed E-state index contributed by atoms with van der Waals surface area (Å²) in [7, 11) is 1.81. The van der Waals surface area contributed by atoms with Crippen LogP contribution in [0.5, 0.6) is 0 Å². The van der Waals surface area contributed by atoms with Crippen molar-refractivity contribution in [2.45, 2.75) is 13.0 Å². The molecule has 0 aliphatic carbocycles. The molecule has 9 heteroatoms. The SMILES string of the molecule is C/C(F)=C/CN1c2ncccc2C(c2nc(N)c(N)c(=O)[nH]2)N1C. The largest absolute Gasteiger partial charge is 0.391 e. The highest BCUT2D eigenvalue weighted by atomic mass is 19.1. The number of aromatic nitrogens is 3. The van der Waals surface area contributed by atoms with E-state index in [1.165, 1.54) is 13.0 Å². The first-order chi connectivity index (χ1) is 11.4. The van der Waals surface area contributed by atoms with E-state index in [4.69, 9.17) is 11.5 Å². The van der Waals surface area contributed by atoms with Gasteiger partial charge in [0.1, 0.15) is 23.4 Å². The maximum Gasteiger partial charge on any atom is 0.276 e. The molecular weight excluding hydrogens is 313 g/mol. The first-order valence-corrected chi connectivity index (χ1v) is 7.32. The molecule has 2 aromatic heterocycles. The minimum Gasteiger partial charge on any atom is -0.391 e. The molecule has 5 N–H and O–H groups in total. The lowest BCUT2D eigenvalue weighted by Crippen LogP contribution is -2.38. The van der Waals surface area contributed by atoms with Crippen molar-refractivity contribution in [1.82, 2.24) is 20.0 Å². The number of nitrogens with one attached hydrogen (secondary N) is 1. The minimum absolute atomic E-state index is 0.0226.